The van der Waals surface area contributed by atoms with E-state index < -0.39 is 0 Å². The standard InChI is InChI=1S/C19H24N2O3/c20-11-13-24-18-10-4-2-7-15(18)19(23)21-12-5-8-16(21)14-6-1-3-9-17(14)22/h2,4,7,10,14,16-17,22H,1,3,5-6,8-9,12-13H2/t14-,16-,17+/m1/s1. The lowest BCUT2D eigenvalue weighted by Gasteiger charge is -2.37. The van der Waals surface area contributed by atoms with Gasteiger partial charge in [0.1, 0.15) is 11.8 Å². The lowest BCUT2D eigenvalue weighted by Crippen LogP contribution is -2.45. The Morgan fingerprint density at radius 3 is 2.83 bits per heavy atom. The van der Waals surface area contributed by atoms with Crippen molar-refractivity contribution in [3.8, 4) is 11.8 Å². The molecule has 1 aromatic rings. The molecule has 5 heteroatoms. The molecule has 0 spiro atoms. The van der Waals surface area contributed by atoms with Gasteiger partial charge in [0.05, 0.1) is 11.7 Å². The fourth-order valence-electron chi connectivity index (χ4n) is 4.11. The first-order valence-corrected chi connectivity index (χ1v) is 8.80. The Morgan fingerprint density at radius 2 is 2.04 bits per heavy atom. The summed E-state index contributed by atoms with van der Waals surface area (Å²) in [6.45, 7) is 0.647. The third-order valence-electron chi connectivity index (χ3n) is 5.25. The Balaban J connectivity index is 1.80. The zero-order valence-corrected chi connectivity index (χ0v) is 13.9. The molecular weight excluding hydrogens is 304 g/mol. The van der Waals surface area contributed by atoms with Crippen molar-refractivity contribution in [2.45, 2.75) is 50.7 Å². The van der Waals surface area contributed by atoms with Crippen LogP contribution in [0.5, 0.6) is 5.75 Å². The number of carbonyl (C=O) groups excluding carboxylic acids is 1. The van der Waals surface area contributed by atoms with Gasteiger partial charge in [-0.2, -0.15) is 5.26 Å². The maximum absolute atomic E-state index is 13.1. The van der Waals surface area contributed by atoms with E-state index >= 15 is 0 Å². The first-order valence-electron chi connectivity index (χ1n) is 8.80. The Hall–Kier alpha value is -2.06. The van der Waals surface area contributed by atoms with Gasteiger partial charge in [-0.15, -0.1) is 0 Å². The monoisotopic (exact) mass is 328 g/mol. The van der Waals surface area contributed by atoms with Crippen LogP contribution in [0, 0.1) is 17.2 Å². The maximum Gasteiger partial charge on any atom is 0.257 e. The number of nitrogens with zero attached hydrogens (tertiary/aromatic N) is 2. The molecule has 1 aromatic carbocycles. The first kappa shape index (κ1) is 16.8. The van der Waals surface area contributed by atoms with E-state index in [2.05, 4.69) is 0 Å². The second kappa shape index (κ2) is 7.67. The van der Waals surface area contributed by atoms with E-state index in [0.29, 0.717) is 11.3 Å². The van der Waals surface area contributed by atoms with Gasteiger partial charge in [0.2, 0.25) is 0 Å². The van der Waals surface area contributed by atoms with Crippen molar-refractivity contribution in [3.63, 3.8) is 0 Å². The molecule has 3 rings (SSSR count). The highest BCUT2D eigenvalue weighted by atomic mass is 16.5. The van der Waals surface area contributed by atoms with Crippen LogP contribution < -0.4 is 4.74 Å². The molecule has 2 aliphatic rings. The van der Waals surface area contributed by atoms with Gasteiger partial charge in [-0.05, 0) is 37.8 Å². The number of hydrogen-bond acceptors (Lipinski definition) is 4. The number of likely N-dealkylation sites (tertiary alicyclic amines) is 1. The number of nitriles is 1. The van der Waals surface area contributed by atoms with Crippen LogP contribution in [-0.2, 0) is 0 Å². The summed E-state index contributed by atoms with van der Waals surface area (Å²) < 4.78 is 5.41. The largest absolute Gasteiger partial charge is 0.478 e. The molecule has 2 fully saturated rings. The Kier molecular flexibility index (Phi) is 5.37. The number of benzene rings is 1. The van der Waals surface area contributed by atoms with Crippen LogP contribution in [0.3, 0.4) is 0 Å². The molecule has 1 N–H and O–H groups in total. The number of para-hydroxylation sites is 1. The molecule has 0 aromatic heterocycles. The minimum atomic E-state index is -0.303. The summed E-state index contributed by atoms with van der Waals surface area (Å²) in [5.41, 5.74) is 0.505. The second-order valence-corrected chi connectivity index (χ2v) is 6.67. The molecule has 1 aliphatic carbocycles. The van der Waals surface area contributed by atoms with Crippen molar-refractivity contribution in [2.24, 2.45) is 5.92 Å². The summed E-state index contributed by atoms with van der Waals surface area (Å²) in [7, 11) is 0. The van der Waals surface area contributed by atoms with Gasteiger partial charge in [-0.3, -0.25) is 4.79 Å². The Morgan fingerprint density at radius 1 is 1.25 bits per heavy atom. The van der Waals surface area contributed by atoms with Crippen molar-refractivity contribution in [1.82, 2.24) is 4.90 Å². The van der Waals surface area contributed by atoms with Gasteiger partial charge in [0.25, 0.3) is 5.91 Å². The highest BCUT2D eigenvalue weighted by molar-refractivity contribution is 5.97. The molecule has 0 unspecified atom stereocenters. The highest BCUT2D eigenvalue weighted by Crippen LogP contribution is 2.36. The number of aliphatic hydroxyl groups is 1. The average molecular weight is 328 g/mol. The van der Waals surface area contributed by atoms with E-state index in [-0.39, 0.29) is 30.6 Å². The predicted molar refractivity (Wildman–Crippen MR) is 89.6 cm³/mol. The number of aliphatic hydroxyl groups excluding tert-OH is 1. The second-order valence-electron chi connectivity index (χ2n) is 6.67. The van der Waals surface area contributed by atoms with E-state index in [1.807, 2.05) is 17.0 Å². The van der Waals surface area contributed by atoms with Gasteiger partial charge in [0.15, 0.2) is 6.61 Å². The molecule has 5 nitrogen and oxygen atoms in total. The summed E-state index contributed by atoms with van der Waals surface area (Å²) in [4.78, 5) is 15.0. The van der Waals surface area contributed by atoms with Crippen molar-refractivity contribution < 1.29 is 14.6 Å². The Labute approximate surface area is 142 Å². The molecule has 1 saturated carbocycles. The topological polar surface area (TPSA) is 73.6 Å². The summed E-state index contributed by atoms with van der Waals surface area (Å²) in [5, 5.41) is 19.1. The highest BCUT2D eigenvalue weighted by Gasteiger charge is 2.39. The Bertz CT molecular complexity index is 625. The summed E-state index contributed by atoms with van der Waals surface area (Å²) in [6.07, 6.45) is 5.65. The molecule has 1 saturated heterocycles. The lowest BCUT2D eigenvalue weighted by atomic mass is 9.80. The van der Waals surface area contributed by atoms with Crippen LogP contribution in [0.15, 0.2) is 24.3 Å². The van der Waals surface area contributed by atoms with Crippen LogP contribution >= 0.6 is 0 Å². The maximum atomic E-state index is 13.1. The predicted octanol–water partition coefficient (Wildman–Crippen LogP) is 2.74. The van der Waals surface area contributed by atoms with E-state index in [4.69, 9.17) is 10.00 Å². The molecule has 1 heterocycles. The number of hydrogen-bond donors (Lipinski definition) is 1. The number of ether oxygens (including phenoxy) is 1. The van der Waals surface area contributed by atoms with Crippen LogP contribution in [0.2, 0.25) is 0 Å². The summed E-state index contributed by atoms with van der Waals surface area (Å²) in [5.74, 6) is 0.583. The summed E-state index contributed by atoms with van der Waals surface area (Å²) >= 11 is 0. The molecule has 3 atom stereocenters. The third-order valence-corrected chi connectivity index (χ3v) is 5.25. The molecule has 0 bridgehead atoms. The smallest absolute Gasteiger partial charge is 0.257 e. The van der Waals surface area contributed by atoms with Gasteiger partial charge >= 0.3 is 0 Å². The van der Waals surface area contributed by atoms with E-state index in [1.165, 1.54) is 0 Å². The van der Waals surface area contributed by atoms with Crippen LogP contribution in [0.25, 0.3) is 0 Å². The van der Waals surface area contributed by atoms with Crippen molar-refractivity contribution in [2.75, 3.05) is 13.2 Å². The number of carbonyl (C=O) groups is 1. The van der Waals surface area contributed by atoms with Crippen molar-refractivity contribution >= 4 is 5.91 Å². The summed E-state index contributed by atoms with van der Waals surface area (Å²) in [6, 6.07) is 9.14. The quantitative estimate of drug-likeness (QED) is 0.922. The van der Waals surface area contributed by atoms with E-state index in [0.717, 1.165) is 45.1 Å². The molecule has 1 aliphatic heterocycles. The van der Waals surface area contributed by atoms with Crippen molar-refractivity contribution in [3.05, 3.63) is 29.8 Å². The first-order chi connectivity index (χ1) is 11.7. The minimum Gasteiger partial charge on any atom is -0.478 e. The van der Waals surface area contributed by atoms with E-state index in [1.54, 1.807) is 18.2 Å². The third kappa shape index (κ3) is 3.39. The van der Waals surface area contributed by atoms with Crippen LogP contribution in [0.4, 0.5) is 0 Å². The van der Waals surface area contributed by atoms with Gasteiger partial charge in [0, 0.05) is 18.5 Å². The van der Waals surface area contributed by atoms with Gasteiger partial charge in [-0.1, -0.05) is 25.0 Å². The zero-order chi connectivity index (χ0) is 16.9. The molecule has 1 amide bonds. The molecule has 0 radical (unpaired) electrons. The number of amides is 1. The SMILES string of the molecule is N#CCOc1ccccc1C(=O)N1CCC[C@@H]1[C@H]1CCCC[C@@H]1O. The molecule has 128 valence electrons. The molecular formula is C19H24N2O3. The van der Waals surface area contributed by atoms with Crippen LogP contribution in [0.1, 0.15) is 48.9 Å². The molecule has 24 heavy (non-hydrogen) atoms. The fraction of sp³-hybridized carbons (Fsp3) is 0.579. The minimum absolute atomic E-state index is 0.0520. The normalized spacial score (nSPS) is 26.8. The number of rotatable bonds is 4. The average Bonchev–Trinajstić information content (AvgIpc) is 3.09. The lowest BCUT2D eigenvalue weighted by molar-refractivity contribution is 0.0210. The van der Waals surface area contributed by atoms with Gasteiger partial charge in [-0.25, -0.2) is 0 Å². The zero-order valence-electron chi connectivity index (χ0n) is 13.9. The van der Waals surface area contributed by atoms with E-state index in [9.17, 15) is 9.90 Å². The van der Waals surface area contributed by atoms with Crippen LogP contribution in [-0.4, -0.2) is 41.2 Å². The van der Waals surface area contributed by atoms with Crippen molar-refractivity contribution in [1.29, 1.82) is 5.26 Å². The van der Waals surface area contributed by atoms with Gasteiger partial charge < -0.3 is 14.7 Å². The fourth-order valence-corrected chi connectivity index (χ4v) is 4.11.